The molecular weight excluding hydrogens is 368 g/mol. The zero-order chi connectivity index (χ0) is 17.5. The van der Waals surface area contributed by atoms with E-state index in [1.165, 1.54) is 27.7 Å². The standard InChI is InChI=1S/C13H9Cl2F3N6/c1-23-4-8(21-12(23)15)11-22-9(13(16,17)18)5-24(11)6-10-19-2-7(14)3-20-10/h2-5H,6H2,1H3. The Morgan fingerprint density at radius 3 is 2.29 bits per heavy atom. The molecular formula is C13H9Cl2F3N6. The number of hydrogen-bond donors (Lipinski definition) is 0. The molecule has 0 aliphatic heterocycles. The third-order valence-electron chi connectivity index (χ3n) is 3.10. The van der Waals surface area contributed by atoms with E-state index in [0.717, 1.165) is 6.20 Å². The van der Waals surface area contributed by atoms with Crippen molar-refractivity contribution < 1.29 is 13.2 Å². The summed E-state index contributed by atoms with van der Waals surface area (Å²) in [6.45, 7) is -0.0240. The van der Waals surface area contributed by atoms with E-state index < -0.39 is 11.9 Å². The van der Waals surface area contributed by atoms with Crippen molar-refractivity contribution in [2.75, 3.05) is 0 Å². The van der Waals surface area contributed by atoms with Gasteiger partial charge in [-0.3, -0.25) is 0 Å². The first-order valence-corrected chi connectivity index (χ1v) is 7.29. The van der Waals surface area contributed by atoms with Crippen LogP contribution in [0.4, 0.5) is 13.2 Å². The highest BCUT2D eigenvalue weighted by molar-refractivity contribution is 6.30. The number of aryl methyl sites for hydroxylation is 1. The number of hydrogen-bond acceptors (Lipinski definition) is 4. The Labute approximate surface area is 143 Å². The molecule has 3 heterocycles. The van der Waals surface area contributed by atoms with E-state index in [9.17, 15) is 13.2 Å². The maximum Gasteiger partial charge on any atom is 0.434 e. The molecule has 6 nitrogen and oxygen atoms in total. The van der Waals surface area contributed by atoms with Crippen LogP contribution < -0.4 is 0 Å². The molecule has 0 fully saturated rings. The van der Waals surface area contributed by atoms with Gasteiger partial charge in [-0.2, -0.15) is 13.2 Å². The summed E-state index contributed by atoms with van der Waals surface area (Å²) in [5, 5.41) is 0.466. The molecule has 0 atom stereocenters. The van der Waals surface area contributed by atoms with Crippen LogP contribution in [-0.2, 0) is 19.8 Å². The van der Waals surface area contributed by atoms with Gasteiger partial charge in [0.2, 0.25) is 5.28 Å². The average Bonchev–Trinajstić information content (AvgIpc) is 3.05. The molecule has 0 aromatic carbocycles. The van der Waals surface area contributed by atoms with Crippen molar-refractivity contribution in [2.24, 2.45) is 7.05 Å². The van der Waals surface area contributed by atoms with E-state index in [2.05, 4.69) is 19.9 Å². The third-order valence-corrected chi connectivity index (χ3v) is 3.65. The van der Waals surface area contributed by atoms with Crippen LogP contribution in [0.1, 0.15) is 11.5 Å². The van der Waals surface area contributed by atoms with Gasteiger partial charge < -0.3 is 9.13 Å². The predicted octanol–water partition coefficient (Wildman–Crippen LogP) is 3.45. The maximum absolute atomic E-state index is 13.0. The zero-order valence-electron chi connectivity index (χ0n) is 12.1. The highest BCUT2D eigenvalue weighted by Gasteiger charge is 2.35. The van der Waals surface area contributed by atoms with Crippen LogP contribution in [0.25, 0.3) is 11.5 Å². The Morgan fingerprint density at radius 1 is 1.08 bits per heavy atom. The number of nitrogens with zero attached hydrogens (tertiary/aromatic N) is 6. The summed E-state index contributed by atoms with van der Waals surface area (Å²) in [5.41, 5.74) is -0.819. The Kier molecular flexibility index (Phi) is 4.22. The number of aromatic nitrogens is 6. The normalized spacial score (nSPS) is 11.9. The van der Waals surface area contributed by atoms with Crippen molar-refractivity contribution in [1.29, 1.82) is 0 Å². The summed E-state index contributed by atoms with van der Waals surface area (Å²) in [6.07, 6.45) is 0.519. The van der Waals surface area contributed by atoms with Gasteiger partial charge in [-0.05, 0) is 11.6 Å². The van der Waals surface area contributed by atoms with E-state index in [-0.39, 0.29) is 29.2 Å². The fourth-order valence-electron chi connectivity index (χ4n) is 2.00. The summed E-state index contributed by atoms with van der Waals surface area (Å²) in [5.74, 6) is 0.303. The van der Waals surface area contributed by atoms with E-state index in [1.807, 2.05) is 0 Å². The van der Waals surface area contributed by atoms with Gasteiger partial charge in [0, 0.05) is 31.8 Å². The minimum atomic E-state index is -4.58. The first kappa shape index (κ1) is 16.7. The predicted molar refractivity (Wildman–Crippen MR) is 80.6 cm³/mol. The topological polar surface area (TPSA) is 61.4 Å². The smallest absolute Gasteiger partial charge is 0.324 e. The second-order valence-electron chi connectivity index (χ2n) is 4.90. The number of imidazole rings is 2. The molecule has 0 N–H and O–H groups in total. The monoisotopic (exact) mass is 376 g/mol. The fourth-order valence-corrected chi connectivity index (χ4v) is 2.24. The Bertz CT molecular complexity index is 849. The fraction of sp³-hybridized carbons (Fsp3) is 0.231. The summed E-state index contributed by atoms with van der Waals surface area (Å²) >= 11 is 11.6. The lowest BCUT2D eigenvalue weighted by molar-refractivity contribution is -0.140. The molecule has 0 spiro atoms. The van der Waals surface area contributed by atoms with Crippen LogP contribution in [0.3, 0.4) is 0 Å². The average molecular weight is 377 g/mol. The van der Waals surface area contributed by atoms with E-state index >= 15 is 0 Å². The Hall–Kier alpha value is -2.13. The molecule has 0 unspecified atom stereocenters. The lowest BCUT2D eigenvalue weighted by Crippen LogP contribution is -2.06. The van der Waals surface area contributed by atoms with Crippen LogP contribution in [-0.4, -0.2) is 29.1 Å². The molecule has 3 aromatic rings. The minimum Gasteiger partial charge on any atom is -0.324 e. The molecule has 0 amide bonds. The van der Waals surface area contributed by atoms with Crippen molar-refractivity contribution in [3.8, 4) is 11.5 Å². The number of halogens is 5. The van der Waals surface area contributed by atoms with Gasteiger partial charge >= 0.3 is 6.18 Å². The minimum absolute atomic E-state index is 0.0170. The van der Waals surface area contributed by atoms with E-state index in [0.29, 0.717) is 5.02 Å². The molecule has 24 heavy (non-hydrogen) atoms. The molecule has 0 saturated carbocycles. The van der Waals surface area contributed by atoms with E-state index in [1.54, 1.807) is 7.05 Å². The van der Waals surface area contributed by atoms with Gasteiger partial charge in [-0.1, -0.05) is 11.6 Å². The van der Waals surface area contributed by atoms with Crippen LogP contribution in [0, 0.1) is 0 Å². The molecule has 0 aliphatic rings. The van der Waals surface area contributed by atoms with Gasteiger partial charge in [0.25, 0.3) is 0 Å². The first-order chi connectivity index (χ1) is 11.2. The SMILES string of the molecule is Cn1cc(-c2nc(C(F)(F)F)cn2Cc2ncc(Cl)cn2)nc1Cl. The molecule has 0 aliphatic carbocycles. The summed E-state index contributed by atoms with van der Waals surface area (Å²) < 4.78 is 41.7. The lowest BCUT2D eigenvalue weighted by atomic mass is 10.4. The largest absolute Gasteiger partial charge is 0.434 e. The number of alkyl halides is 3. The van der Waals surface area contributed by atoms with Crippen molar-refractivity contribution in [3.05, 3.63) is 46.6 Å². The molecule has 11 heteroatoms. The zero-order valence-corrected chi connectivity index (χ0v) is 13.6. The van der Waals surface area contributed by atoms with Gasteiger partial charge in [0.15, 0.2) is 11.5 Å². The summed E-state index contributed by atoms with van der Waals surface area (Å²) in [7, 11) is 1.62. The second kappa shape index (κ2) is 6.06. The highest BCUT2D eigenvalue weighted by Crippen LogP contribution is 2.31. The van der Waals surface area contributed by atoms with Gasteiger partial charge in [-0.15, -0.1) is 0 Å². The van der Waals surface area contributed by atoms with Gasteiger partial charge in [0.1, 0.15) is 11.5 Å². The summed E-state index contributed by atoms with van der Waals surface area (Å²) in [4.78, 5) is 15.6. The second-order valence-corrected chi connectivity index (χ2v) is 5.67. The third kappa shape index (κ3) is 3.36. The van der Waals surface area contributed by atoms with Crippen molar-refractivity contribution >= 4 is 23.2 Å². The maximum atomic E-state index is 13.0. The Morgan fingerprint density at radius 2 is 1.75 bits per heavy atom. The van der Waals surface area contributed by atoms with Crippen LogP contribution >= 0.6 is 23.2 Å². The van der Waals surface area contributed by atoms with Crippen LogP contribution in [0.2, 0.25) is 10.3 Å². The van der Waals surface area contributed by atoms with Crippen molar-refractivity contribution in [1.82, 2.24) is 29.1 Å². The van der Waals surface area contributed by atoms with Crippen molar-refractivity contribution in [2.45, 2.75) is 12.7 Å². The molecule has 0 radical (unpaired) electrons. The van der Waals surface area contributed by atoms with Gasteiger partial charge in [-0.25, -0.2) is 19.9 Å². The van der Waals surface area contributed by atoms with Crippen molar-refractivity contribution in [3.63, 3.8) is 0 Å². The van der Waals surface area contributed by atoms with Crippen LogP contribution in [0.15, 0.2) is 24.8 Å². The molecule has 3 aromatic heterocycles. The lowest BCUT2D eigenvalue weighted by Gasteiger charge is -2.04. The first-order valence-electron chi connectivity index (χ1n) is 6.54. The summed E-state index contributed by atoms with van der Waals surface area (Å²) in [6, 6.07) is 0. The quantitative estimate of drug-likeness (QED) is 0.702. The molecule has 0 saturated heterocycles. The van der Waals surface area contributed by atoms with Crippen LogP contribution in [0.5, 0.6) is 0 Å². The molecule has 3 rings (SSSR count). The molecule has 126 valence electrons. The van der Waals surface area contributed by atoms with E-state index in [4.69, 9.17) is 23.2 Å². The molecule has 0 bridgehead atoms. The number of rotatable bonds is 3. The Balaban J connectivity index is 2.05. The highest BCUT2D eigenvalue weighted by atomic mass is 35.5. The van der Waals surface area contributed by atoms with Gasteiger partial charge in [0.05, 0.1) is 11.6 Å².